The third kappa shape index (κ3) is 2.62. The number of likely N-dealkylation sites (N-methyl/N-ethyl adjacent to an activating group) is 1. The van der Waals surface area contributed by atoms with Crippen LogP contribution < -0.4 is 5.32 Å². The Kier molecular flexibility index (Phi) is 3.59. The lowest BCUT2D eigenvalue weighted by molar-refractivity contribution is -0.119. The van der Waals surface area contributed by atoms with Crippen molar-refractivity contribution in [1.29, 1.82) is 5.26 Å². The van der Waals surface area contributed by atoms with Crippen LogP contribution in [0, 0.1) is 17.4 Å². The first-order valence-electron chi connectivity index (χ1n) is 6.78. The van der Waals surface area contributed by atoms with E-state index in [0.29, 0.717) is 18.2 Å². The molecular formula is C13H17N5OS. The molecule has 1 amide bonds. The van der Waals surface area contributed by atoms with Gasteiger partial charge in [0, 0.05) is 37.5 Å². The van der Waals surface area contributed by atoms with Gasteiger partial charge in [-0.05, 0) is 13.5 Å². The van der Waals surface area contributed by atoms with Crippen LogP contribution in [0.15, 0.2) is 0 Å². The van der Waals surface area contributed by atoms with E-state index in [4.69, 9.17) is 5.26 Å². The summed E-state index contributed by atoms with van der Waals surface area (Å²) in [6.45, 7) is 3.13. The number of nitriles is 1. The number of likely N-dealkylation sites (tertiary alicyclic amines) is 1. The highest BCUT2D eigenvalue weighted by Crippen LogP contribution is 2.28. The molecule has 6 nitrogen and oxygen atoms in total. The zero-order chi connectivity index (χ0) is 14.1. The van der Waals surface area contributed by atoms with E-state index in [2.05, 4.69) is 28.4 Å². The van der Waals surface area contributed by atoms with Crippen LogP contribution in [0.2, 0.25) is 0 Å². The summed E-state index contributed by atoms with van der Waals surface area (Å²) in [4.78, 5) is 21.8. The highest BCUT2D eigenvalue weighted by Gasteiger charge is 2.28. The number of hydrogen-bond donors (Lipinski definition) is 1. The number of carbonyl (C=O) groups is 1. The lowest BCUT2D eigenvalue weighted by atomic mass is 10.1. The number of nitrogens with one attached hydrogen (secondary N) is 1. The number of rotatable bonds is 2. The number of aromatic nitrogens is 1. The molecule has 0 aliphatic carbocycles. The molecule has 1 aromatic rings. The molecule has 3 rings (SSSR count). The SMILES string of the molecule is CN1CCc2nc(NC(=O)C3CCN(C#N)C3)sc2C1. The molecule has 3 heterocycles. The molecule has 0 spiro atoms. The molecule has 2 aliphatic rings. The van der Waals surface area contributed by atoms with Gasteiger partial charge in [0.1, 0.15) is 0 Å². The summed E-state index contributed by atoms with van der Waals surface area (Å²) in [7, 11) is 2.09. The van der Waals surface area contributed by atoms with Gasteiger partial charge < -0.3 is 15.1 Å². The van der Waals surface area contributed by atoms with Crippen molar-refractivity contribution in [1.82, 2.24) is 14.8 Å². The predicted molar refractivity (Wildman–Crippen MR) is 76.1 cm³/mol. The molecule has 7 heteroatoms. The van der Waals surface area contributed by atoms with E-state index in [1.165, 1.54) is 4.88 Å². The molecule has 1 N–H and O–H groups in total. The maximum Gasteiger partial charge on any atom is 0.231 e. The number of fused-ring (bicyclic) bond motifs is 1. The van der Waals surface area contributed by atoms with Crippen LogP contribution in [0.5, 0.6) is 0 Å². The second kappa shape index (κ2) is 5.38. The number of amides is 1. The highest BCUT2D eigenvalue weighted by atomic mass is 32.1. The zero-order valence-electron chi connectivity index (χ0n) is 11.4. The fourth-order valence-electron chi connectivity index (χ4n) is 2.65. The van der Waals surface area contributed by atoms with Gasteiger partial charge in [-0.15, -0.1) is 11.3 Å². The van der Waals surface area contributed by atoms with Crippen molar-refractivity contribution >= 4 is 22.4 Å². The Bertz CT molecular complexity index is 564. The lowest BCUT2D eigenvalue weighted by Crippen LogP contribution is -2.25. The Morgan fingerprint density at radius 3 is 3.15 bits per heavy atom. The minimum absolute atomic E-state index is 0.0119. The first-order chi connectivity index (χ1) is 9.65. The van der Waals surface area contributed by atoms with Crippen LogP contribution in [-0.2, 0) is 17.8 Å². The van der Waals surface area contributed by atoms with Crippen molar-refractivity contribution in [2.24, 2.45) is 5.92 Å². The third-order valence-corrected chi connectivity index (χ3v) is 4.85. The maximum absolute atomic E-state index is 12.2. The minimum atomic E-state index is -0.0988. The average Bonchev–Trinajstić information content (AvgIpc) is 3.03. The van der Waals surface area contributed by atoms with Crippen molar-refractivity contribution < 1.29 is 4.79 Å². The topological polar surface area (TPSA) is 72.3 Å². The Balaban J connectivity index is 1.64. The molecule has 0 radical (unpaired) electrons. The van der Waals surface area contributed by atoms with Crippen molar-refractivity contribution in [3.05, 3.63) is 10.6 Å². The van der Waals surface area contributed by atoms with E-state index in [9.17, 15) is 4.79 Å². The maximum atomic E-state index is 12.2. The fraction of sp³-hybridized carbons (Fsp3) is 0.615. The summed E-state index contributed by atoms with van der Waals surface area (Å²) in [5.74, 6) is -0.111. The third-order valence-electron chi connectivity index (χ3n) is 3.85. The molecule has 1 unspecified atom stereocenters. The van der Waals surface area contributed by atoms with Crippen LogP contribution in [-0.4, -0.2) is 47.4 Å². The normalized spacial score (nSPS) is 22.4. The van der Waals surface area contributed by atoms with Crippen LogP contribution in [0.1, 0.15) is 17.0 Å². The average molecular weight is 291 g/mol. The number of thiazole rings is 1. The van der Waals surface area contributed by atoms with Crippen molar-refractivity contribution in [3.8, 4) is 6.19 Å². The monoisotopic (exact) mass is 291 g/mol. The quantitative estimate of drug-likeness (QED) is 0.819. The first-order valence-corrected chi connectivity index (χ1v) is 7.60. The predicted octanol–water partition coefficient (Wildman–Crippen LogP) is 0.872. The van der Waals surface area contributed by atoms with Gasteiger partial charge in [0.05, 0.1) is 11.6 Å². The molecule has 106 valence electrons. The van der Waals surface area contributed by atoms with Crippen molar-refractivity contribution in [2.45, 2.75) is 19.4 Å². The second-order valence-electron chi connectivity index (χ2n) is 5.40. The summed E-state index contributed by atoms with van der Waals surface area (Å²) in [5.41, 5.74) is 1.12. The summed E-state index contributed by atoms with van der Waals surface area (Å²) in [6.07, 6.45) is 3.78. The number of carbonyl (C=O) groups excluding carboxylic acids is 1. The fourth-order valence-corrected chi connectivity index (χ4v) is 3.74. The molecule has 0 saturated carbocycles. The van der Waals surface area contributed by atoms with Gasteiger partial charge in [-0.25, -0.2) is 4.98 Å². The molecule has 1 atom stereocenters. The Labute approximate surface area is 122 Å². The van der Waals surface area contributed by atoms with Gasteiger partial charge in [-0.1, -0.05) is 0 Å². The van der Waals surface area contributed by atoms with Crippen LogP contribution in [0.25, 0.3) is 0 Å². The summed E-state index contributed by atoms with van der Waals surface area (Å²) < 4.78 is 0. The molecule has 2 aliphatic heterocycles. The van der Waals surface area contributed by atoms with Crippen LogP contribution in [0.4, 0.5) is 5.13 Å². The second-order valence-corrected chi connectivity index (χ2v) is 6.48. The molecule has 1 aromatic heterocycles. The van der Waals surface area contributed by atoms with Gasteiger partial charge in [0.25, 0.3) is 0 Å². The smallest absolute Gasteiger partial charge is 0.231 e. The number of nitrogens with zero attached hydrogens (tertiary/aromatic N) is 4. The van der Waals surface area contributed by atoms with E-state index in [1.807, 2.05) is 0 Å². The van der Waals surface area contributed by atoms with E-state index >= 15 is 0 Å². The van der Waals surface area contributed by atoms with E-state index < -0.39 is 0 Å². The van der Waals surface area contributed by atoms with Gasteiger partial charge in [-0.2, -0.15) is 5.26 Å². The van der Waals surface area contributed by atoms with Gasteiger partial charge in [0.2, 0.25) is 5.91 Å². The van der Waals surface area contributed by atoms with Crippen LogP contribution >= 0.6 is 11.3 Å². The first kappa shape index (κ1) is 13.3. The number of anilines is 1. The largest absolute Gasteiger partial charge is 0.310 e. The van der Waals surface area contributed by atoms with Gasteiger partial charge >= 0.3 is 0 Å². The summed E-state index contributed by atoms with van der Waals surface area (Å²) in [6, 6.07) is 0. The zero-order valence-corrected chi connectivity index (χ0v) is 12.2. The molecule has 0 aromatic carbocycles. The van der Waals surface area contributed by atoms with E-state index in [1.54, 1.807) is 16.2 Å². The number of hydrogen-bond acceptors (Lipinski definition) is 6. The molecule has 1 saturated heterocycles. The Morgan fingerprint density at radius 1 is 1.55 bits per heavy atom. The molecule has 20 heavy (non-hydrogen) atoms. The lowest BCUT2D eigenvalue weighted by Gasteiger charge is -2.20. The highest BCUT2D eigenvalue weighted by molar-refractivity contribution is 7.15. The summed E-state index contributed by atoms with van der Waals surface area (Å²) in [5, 5.41) is 12.4. The summed E-state index contributed by atoms with van der Waals surface area (Å²) >= 11 is 1.57. The van der Waals surface area contributed by atoms with Crippen LogP contribution in [0.3, 0.4) is 0 Å². The van der Waals surface area contributed by atoms with E-state index in [0.717, 1.165) is 31.6 Å². The van der Waals surface area contributed by atoms with Gasteiger partial charge in [-0.3, -0.25) is 4.79 Å². The molecule has 0 bridgehead atoms. The van der Waals surface area contributed by atoms with Crippen molar-refractivity contribution in [3.63, 3.8) is 0 Å². The van der Waals surface area contributed by atoms with Crippen molar-refractivity contribution in [2.75, 3.05) is 32.0 Å². The van der Waals surface area contributed by atoms with Gasteiger partial charge in [0.15, 0.2) is 11.3 Å². The molecular weight excluding hydrogens is 274 g/mol. The standard InChI is InChI=1S/C13H17N5OS/c1-17-4-3-10-11(7-17)20-13(15-10)16-12(19)9-2-5-18(6-9)8-14/h9H,2-7H2,1H3,(H,15,16,19). The Morgan fingerprint density at radius 2 is 2.40 bits per heavy atom. The minimum Gasteiger partial charge on any atom is -0.310 e. The molecule has 1 fully saturated rings. The van der Waals surface area contributed by atoms with E-state index in [-0.39, 0.29) is 11.8 Å². The Hall–Kier alpha value is -1.65.